The van der Waals surface area contributed by atoms with Crippen molar-refractivity contribution in [2.24, 2.45) is 0 Å². The highest BCUT2D eigenvalue weighted by molar-refractivity contribution is 7.89. The summed E-state index contributed by atoms with van der Waals surface area (Å²) in [5.41, 5.74) is 1.18. The number of hydrogen-bond acceptors (Lipinski definition) is 5. The van der Waals surface area contributed by atoms with Crippen molar-refractivity contribution >= 4 is 21.8 Å². The number of nitrogens with one attached hydrogen (secondary N) is 2. The summed E-state index contributed by atoms with van der Waals surface area (Å²) in [5, 5.41) is 5.33. The maximum Gasteiger partial charge on any atom is 0.251 e. The van der Waals surface area contributed by atoms with Crippen LogP contribution in [0.4, 0.5) is 0 Å². The van der Waals surface area contributed by atoms with Crippen LogP contribution in [0.2, 0.25) is 0 Å². The molecule has 2 N–H and O–H groups in total. The van der Waals surface area contributed by atoms with E-state index in [9.17, 15) is 18.0 Å². The molecule has 2 amide bonds. The average Bonchev–Trinajstić information content (AvgIpc) is 2.73. The molecule has 0 saturated carbocycles. The van der Waals surface area contributed by atoms with Crippen molar-refractivity contribution in [1.29, 1.82) is 0 Å². The molecule has 2 aromatic rings. The van der Waals surface area contributed by atoms with Gasteiger partial charge in [0.25, 0.3) is 5.91 Å². The van der Waals surface area contributed by atoms with Gasteiger partial charge in [-0.3, -0.25) is 14.6 Å². The van der Waals surface area contributed by atoms with Crippen LogP contribution >= 0.6 is 0 Å². The Labute approximate surface area is 171 Å². The number of carbonyl (C=O) groups is 2. The second kappa shape index (κ2) is 10.1. The van der Waals surface area contributed by atoms with Gasteiger partial charge in [0, 0.05) is 31.0 Å². The lowest BCUT2D eigenvalue weighted by molar-refractivity contribution is -0.120. The van der Waals surface area contributed by atoms with E-state index in [1.807, 2.05) is 6.92 Å². The largest absolute Gasteiger partial charge is 0.348 e. The second-order valence-electron chi connectivity index (χ2n) is 6.37. The standard InChI is InChI=1S/C20H26N4O4S/c1-4-24(5-2)29(27,28)18-8-6-17(7-9-18)20(26)22-14-19(25)23-15(3)16-10-12-21-13-11-16/h6-13,15H,4-5,14H2,1-3H3,(H,22,26)(H,23,25)/t15-/m0/s1. The zero-order valence-electron chi connectivity index (χ0n) is 16.8. The summed E-state index contributed by atoms with van der Waals surface area (Å²) in [5.74, 6) is -0.785. The molecule has 1 aromatic heterocycles. The molecule has 29 heavy (non-hydrogen) atoms. The Morgan fingerprint density at radius 3 is 2.17 bits per heavy atom. The molecular formula is C20H26N4O4S. The number of rotatable bonds is 9. The SMILES string of the molecule is CCN(CC)S(=O)(=O)c1ccc(C(=O)NCC(=O)N[C@@H](C)c2ccncc2)cc1. The highest BCUT2D eigenvalue weighted by Gasteiger charge is 2.21. The van der Waals surface area contributed by atoms with Gasteiger partial charge >= 0.3 is 0 Å². The fraction of sp³-hybridized carbons (Fsp3) is 0.350. The van der Waals surface area contributed by atoms with Crippen molar-refractivity contribution in [2.45, 2.75) is 31.7 Å². The first-order valence-electron chi connectivity index (χ1n) is 9.37. The fourth-order valence-electron chi connectivity index (χ4n) is 2.78. The lowest BCUT2D eigenvalue weighted by Gasteiger charge is -2.18. The summed E-state index contributed by atoms with van der Waals surface area (Å²) in [4.78, 5) is 28.4. The van der Waals surface area contributed by atoms with E-state index in [4.69, 9.17) is 0 Å². The number of carbonyl (C=O) groups excluding carboxylic acids is 2. The summed E-state index contributed by atoms with van der Waals surface area (Å²) >= 11 is 0. The molecule has 1 aromatic carbocycles. The maximum atomic E-state index is 12.5. The minimum absolute atomic E-state index is 0.127. The van der Waals surface area contributed by atoms with Crippen LogP contribution in [0.1, 0.15) is 42.7 Å². The highest BCUT2D eigenvalue weighted by Crippen LogP contribution is 2.16. The Bertz CT molecular complexity index is 927. The fourth-order valence-corrected chi connectivity index (χ4v) is 4.24. The van der Waals surface area contributed by atoms with Gasteiger partial charge in [0.1, 0.15) is 0 Å². The van der Waals surface area contributed by atoms with E-state index in [1.54, 1.807) is 38.4 Å². The van der Waals surface area contributed by atoms with Crippen molar-refractivity contribution in [3.63, 3.8) is 0 Å². The quantitative estimate of drug-likeness (QED) is 0.645. The molecule has 8 nitrogen and oxygen atoms in total. The molecular weight excluding hydrogens is 392 g/mol. The van der Waals surface area contributed by atoms with Crippen LogP contribution in [0.15, 0.2) is 53.7 Å². The van der Waals surface area contributed by atoms with Gasteiger partial charge in [-0.15, -0.1) is 0 Å². The van der Waals surface area contributed by atoms with Crippen LogP contribution < -0.4 is 10.6 Å². The summed E-state index contributed by atoms with van der Waals surface area (Å²) in [7, 11) is -3.58. The zero-order valence-corrected chi connectivity index (χ0v) is 17.6. The van der Waals surface area contributed by atoms with Crippen LogP contribution in [-0.4, -0.2) is 49.2 Å². The van der Waals surface area contributed by atoms with Crippen molar-refractivity contribution < 1.29 is 18.0 Å². The van der Waals surface area contributed by atoms with E-state index >= 15 is 0 Å². The van der Waals surface area contributed by atoms with Gasteiger partial charge in [-0.1, -0.05) is 13.8 Å². The molecule has 0 saturated heterocycles. The predicted octanol–water partition coefficient (Wildman–Crippen LogP) is 1.72. The van der Waals surface area contributed by atoms with Crippen LogP contribution in [0.25, 0.3) is 0 Å². The van der Waals surface area contributed by atoms with E-state index in [-0.39, 0.29) is 29.0 Å². The first-order valence-corrected chi connectivity index (χ1v) is 10.8. The first kappa shape index (κ1) is 22.5. The molecule has 0 radical (unpaired) electrons. The Balaban J connectivity index is 1.93. The Kier molecular flexibility index (Phi) is 7.86. The Morgan fingerprint density at radius 2 is 1.62 bits per heavy atom. The summed E-state index contributed by atoms with van der Waals surface area (Å²) in [6, 6.07) is 9.05. The molecule has 0 fully saturated rings. The first-order chi connectivity index (χ1) is 13.8. The second-order valence-corrected chi connectivity index (χ2v) is 8.30. The van der Waals surface area contributed by atoms with Crippen LogP contribution in [0.3, 0.4) is 0 Å². The molecule has 9 heteroatoms. The lowest BCUT2D eigenvalue weighted by atomic mass is 10.1. The summed E-state index contributed by atoms with van der Waals surface area (Å²) in [6.45, 7) is 5.92. The van der Waals surface area contributed by atoms with Gasteiger partial charge in [-0.2, -0.15) is 4.31 Å². The summed E-state index contributed by atoms with van der Waals surface area (Å²) < 4.78 is 26.3. The molecule has 0 unspecified atom stereocenters. The van der Waals surface area contributed by atoms with E-state index < -0.39 is 15.9 Å². The molecule has 156 valence electrons. The monoisotopic (exact) mass is 418 g/mol. The smallest absolute Gasteiger partial charge is 0.251 e. The van der Waals surface area contributed by atoms with Crippen molar-refractivity contribution in [2.75, 3.05) is 19.6 Å². The minimum Gasteiger partial charge on any atom is -0.348 e. The van der Waals surface area contributed by atoms with Crippen LogP contribution in [0, 0.1) is 0 Å². The third-order valence-electron chi connectivity index (χ3n) is 4.45. The number of hydrogen-bond donors (Lipinski definition) is 2. The number of sulfonamides is 1. The molecule has 0 aliphatic heterocycles. The van der Waals surface area contributed by atoms with E-state index in [1.165, 1.54) is 28.6 Å². The lowest BCUT2D eigenvalue weighted by Crippen LogP contribution is -2.38. The number of amides is 2. The van der Waals surface area contributed by atoms with Gasteiger partial charge in [0.05, 0.1) is 17.5 Å². The minimum atomic E-state index is -3.58. The van der Waals surface area contributed by atoms with Gasteiger partial charge in [0.2, 0.25) is 15.9 Å². The van der Waals surface area contributed by atoms with Crippen LogP contribution in [-0.2, 0) is 14.8 Å². The number of aromatic nitrogens is 1. The number of nitrogens with zero attached hydrogens (tertiary/aromatic N) is 2. The molecule has 1 atom stereocenters. The van der Waals surface area contributed by atoms with Gasteiger partial charge in [0.15, 0.2) is 0 Å². The molecule has 2 rings (SSSR count). The zero-order chi connectivity index (χ0) is 21.4. The summed E-state index contributed by atoms with van der Waals surface area (Å²) in [6.07, 6.45) is 3.29. The molecule has 0 bridgehead atoms. The number of benzene rings is 1. The highest BCUT2D eigenvalue weighted by atomic mass is 32.2. The van der Waals surface area contributed by atoms with E-state index in [0.717, 1.165) is 5.56 Å². The molecule has 0 aliphatic carbocycles. The van der Waals surface area contributed by atoms with Gasteiger partial charge in [-0.05, 0) is 48.9 Å². The molecule has 0 aliphatic rings. The Hall–Kier alpha value is -2.78. The van der Waals surface area contributed by atoms with Crippen molar-refractivity contribution in [3.05, 3.63) is 59.9 Å². The normalized spacial score (nSPS) is 12.4. The van der Waals surface area contributed by atoms with E-state index in [0.29, 0.717) is 13.1 Å². The number of pyridine rings is 1. The third-order valence-corrected chi connectivity index (χ3v) is 6.52. The van der Waals surface area contributed by atoms with Gasteiger partial charge < -0.3 is 10.6 Å². The average molecular weight is 419 g/mol. The predicted molar refractivity (Wildman–Crippen MR) is 110 cm³/mol. The maximum absolute atomic E-state index is 12.5. The molecule has 0 spiro atoms. The van der Waals surface area contributed by atoms with Crippen molar-refractivity contribution in [3.8, 4) is 0 Å². The third kappa shape index (κ3) is 5.85. The van der Waals surface area contributed by atoms with Crippen LogP contribution in [0.5, 0.6) is 0 Å². The van der Waals surface area contributed by atoms with E-state index in [2.05, 4.69) is 15.6 Å². The molecule has 1 heterocycles. The topological polar surface area (TPSA) is 108 Å². The van der Waals surface area contributed by atoms with Gasteiger partial charge in [-0.25, -0.2) is 8.42 Å². The Morgan fingerprint density at radius 1 is 1.03 bits per heavy atom. The van der Waals surface area contributed by atoms with Crippen molar-refractivity contribution in [1.82, 2.24) is 19.9 Å².